The summed E-state index contributed by atoms with van der Waals surface area (Å²) in [6.07, 6.45) is -0.385. The van der Waals surface area contributed by atoms with Crippen molar-refractivity contribution in [3.05, 3.63) is 29.3 Å². The summed E-state index contributed by atoms with van der Waals surface area (Å²) in [5.74, 6) is -3.29. The molecule has 0 bridgehead atoms. The van der Waals surface area contributed by atoms with Gasteiger partial charge in [0.1, 0.15) is 30.0 Å². The number of nitrogens with one attached hydrogen (secondary N) is 2. The SMILES string of the molecule is COC(=O)CNC(=O)C(c1cccc(C)c1O)N(C(=O)C(CC(N)=O)NC(=O)OC(C)(C)C)C1CC1. The summed E-state index contributed by atoms with van der Waals surface area (Å²) in [6.45, 7) is 6.07. The molecule has 0 aliphatic heterocycles. The van der Waals surface area contributed by atoms with Gasteiger partial charge < -0.3 is 35.8 Å². The molecule has 4 amide bonds. The quantitative estimate of drug-likeness (QED) is 0.337. The van der Waals surface area contributed by atoms with Crippen LogP contribution < -0.4 is 16.4 Å². The lowest BCUT2D eigenvalue weighted by Crippen LogP contribution is -2.55. The number of aryl methyl sites for hydroxylation is 1. The zero-order chi connectivity index (χ0) is 27.2. The van der Waals surface area contributed by atoms with Crippen LogP contribution in [-0.2, 0) is 28.7 Å². The first-order chi connectivity index (χ1) is 16.7. The molecule has 1 aliphatic carbocycles. The van der Waals surface area contributed by atoms with Gasteiger partial charge in [-0.25, -0.2) is 4.79 Å². The molecule has 36 heavy (non-hydrogen) atoms. The molecule has 2 atom stereocenters. The normalized spacial score (nSPS) is 14.7. The third-order valence-corrected chi connectivity index (χ3v) is 5.31. The third kappa shape index (κ3) is 7.85. The highest BCUT2D eigenvalue weighted by Gasteiger charge is 2.45. The summed E-state index contributed by atoms with van der Waals surface area (Å²) < 4.78 is 9.78. The van der Waals surface area contributed by atoms with Gasteiger partial charge in [-0.05, 0) is 46.1 Å². The number of benzene rings is 1. The number of phenolic OH excluding ortho intramolecular Hbond substituents is 1. The summed E-state index contributed by atoms with van der Waals surface area (Å²) in [7, 11) is 1.16. The molecule has 2 rings (SSSR count). The van der Waals surface area contributed by atoms with Gasteiger partial charge in [-0.2, -0.15) is 0 Å². The molecule has 1 aromatic rings. The lowest BCUT2D eigenvalue weighted by atomic mass is 9.98. The van der Waals surface area contributed by atoms with E-state index in [9.17, 15) is 29.1 Å². The zero-order valence-corrected chi connectivity index (χ0v) is 21.1. The number of para-hydroxylation sites is 1. The molecule has 1 aromatic carbocycles. The number of phenols is 1. The second kappa shape index (κ2) is 11.7. The van der Waals surface area contributed by atoms with Gasteiger partial charge in [0.2, 0.25) is 17.7 Å². The minimum atomic E-state index is -1.43. The molecule has 0 aromatic heterocycles. The molecule has 0 spiro atoms. The van der Waals surface area contributed by atoms with Crippen molar-refractivity contribution in [2.45, 2.75) is 70.7 Å². The Balaban J connectivity index is 2.49. The number of methoxy groups -OCH3 is 1. The smallest absolute Gasteiger partial charge is 0.408 e. The van der Waals surface area contributed by atoms with Crippen molar-refractivity contribution in [2.24, 2.45) is 5.73 Å². The highest BCUT2D eigenvalue weighted by atomic mass is 16.6. The van der Waals surface area contributed by atoms with E-state index in [4.69, 9.17) is 10.5 Å². The number of hydrogen-bond acceptors (Lipinski definition) is 8. The van der Waals surface area contributed by atoms with Gasteiger partial charge >= 0.3 is 12.1 Å². The first-order valence-corrected chi connectivity index (χ1v) is 11.5. The highest BCUT2D eigenvalue weighted by Crippen LogP contribution is 2.39. The van der Waals surface area contributed by atoms with E-state index >= 15 is 0 Å². The van der Waals surface area contributed by atoms with Gasteiger partial charge in [-0.15, -0.1) is 0 Å². The van der Waals surface area contributed by atoms with Crippen LogP contribution in [0, 0.1) is 6.92 Å². The number of ether oxygens (including phenoxy) is 2. The predicted molar refractivity (Wildman–Crippen MR) is 127 cm³/mol. The predicted octanol–water partition coefficient (Wildman–Crippen LogP) is 0.791. The Bertz CT molecular complexity index is 1020. The van der Waals surface area contributed by atoms with Gasteiger partial charge in [0.25, 0.3) is 0 Å². The van der Waals surface area contributed by atoms with Gasteiger partial charge in [-0.3, -0.25) is 19.2 Å². The Hall–Kier alpha value is -3.83. The summed E-state index contributed by atoms with van der Waals surface area (Å²) in [4.78, 5) is 64.1. The summed E-state index contributed by atoms with van der Waals surface area (Å²) in [6, 6.07) is 1.51. The first-order valence-electron chi connectivity index (χ1n) is 11.5. The minimum absolute atomic E-state index is 0.118. The van der Waals surface area contributed by atoms with Crippen molar-refractivity contribution in [2.75, 3.05) is 13.7 Å². The number of carbonyl (C=O) groups is 5. The van der Waals surface area contributed by atoms with Crippen LogP contribution in [0.2, 0.25) is 0 Å². The summed E-state index contributed by atoms with van der Waals surface area (Å²) in [5.41, 5.74) is 5.05. The van der Waals surface area contributed by atoms with Gasteiger partial charge in [-0.1, -0.05) is 18.2 Å². The topological polar surface area (TPSA) is 177 Å². The average Bonchev–Trinajstić information content (AvgIpc) is 3.60. The third-order valence-electron chi connectivity index (χ3n) is 5.31. The van der Waals surface area contributed by atoms with Crippen LogP contribution in [0.15, 0.2) is 18.2 Å². The van der Waals surface area contributed by atoms with Crippen LogP contribution in [-0.4, -0.2) is 71.1 Å². The number of hydrogen-bond donors (Lipinski definition) is 4. The number of rotatable bonds is 10. The lowest BCUT2D eigenvalue weighted by molar-refractivity contribution is -0.145. The molecule has 0 radical (unpaired) electrons. The summed E-state index contributed by atoms with van der Waals surface area (Å²) in [5, 5.41) is 15.6. The van der Waals surface area contributed by atoms with E-state index in [0.717, 1.165) is 7.11 Å². The van der Waals surface area contributed by atoms with Gasteiger partial charge in [0.05, 0.1) is 13.5 Å². The number of nitrogens with zero attached hydrogens (tertiary/aromatic N) is 1. The number of carbonyl (C=O) groups excluding carboxylic acids is 5. The number of aromatic hydroxyl groups is 1. The highest BCUT2D eigenvalue weighted by molar-refractivity contribution is 5.95. The minimum Gasteiger partial charge on any atom is -0.507 e. The van der Waals surface area contributed by atoms with Crippen LogP contribution in [0.1, 0.15) is 57.2 Å². The van der Waals surface area contributed by atoms with Crippen LogP contribution in [0.4, 0.5) is 4.79 Å². The zero-order valence-electron chi connectivity index (χ0n) is 21.1. The fourth-order valence-electron chi connectivity index (χ4n) is 3.55. The maximum atomic E-state index is 13.8. The monoisotopic (exact) mass is 506 g/mol. The van der Waals surface area contributed by atoms with Crippen molar-refractivity contribution in [1.29, 1.82) is 0 Å². The van der Waals surface area contributed by atoms with E-state index < -0.39 is 66.5 Å². The molecule has 1 saturated carbocycles. The molecule has 1 aliphatic rings. The van der Waals surface area contributed by atoms with E-state index in [1.54, 1.807) is 39.8 Å². The van der Waals surface area contributed by atoms with Crippen molar-refractivity contribution in [1.82, 2.24) is 15.5 Å². The first kappa shape index (κ1) is 28.4. The van der Waals surface area contributed by atoms with Crippen molar-refractivity contribution >= 4 is 29.8 Å². The number of amides is 4. The van der Waals surface area contributed by atoms with Crippen molar-refractivity contribution < 1.29 is 38.6 Å². The maximum absolute atomic E-state index is 13.8. The lowest BCUT2D eigenvalue weighted by Gasteiger charge is -2.34. The molecule has 0 saturated heterocycles. The van der Waals surface area contributed by atoms with Crippen LogP contribution >= 0.6 is 0 Å². The number of alkyl carbamates (subject to hydrolysis) is 1. The van der Waals surface area contributed by atoms with Crippen LogP contribution in [0.5, 0.6) is 5.75 Å². The van der Waals surface area contributed by atoms with Crippen molar-refractivity contribution in [3.63, 3.8) is 0 Å². The molecular formula is C24H34N4O8. The standard InChI is InChI=1S/C24H34N4O8/c1-13-7-6-8-15(20(13)31)19(21(32)26-12-18(30)35-5)28(14-9-10-14)22(33)16(11-17(25)29)27-23(34)36-24(2,3)4/h6-8,14,16,19,31H,9-12H2,1-5H3,(H2,25,29)(H,26,32)(H,27,34). The fourth-order valence-corrected chi connectivity index (χ4v) is 3.55. The van der Waals surface area contributed by atoms with Gasteiger partial charge in [0, 0.05) is 11.6 Å². The van der Waals surface area contributed by atoms with E-state index in [0.29, 0.717) is 18.4 Å². The number of nitrogens with two attached hydrogens (primary N) is 1. The molecule has 0 heterocycles. The number of esters is 1. The Kier molecular flexibility index (Phi) is 9.26. The Morgan fingerprint density at radius 2 is 1.83 bits per heavy atom. The summed E-state index contributed by atoms with van der Waals surface area (Å²) >= 11 is 0. The van der Waals surface area contributed by atoms with E-state index in [1.807, 2.05) is 0 Å². The molecule has 12 nitrogen and oxygen atoms in total. The molecular weight excluding hydrogens is 472 g/mol. The Labute approximate surface area is 209 Å². The number of primary amides is 1. The second-order valence-electron chi connectivity index (χ2n) is 9.56. The van der Waals surface area contributed by atoms with Crippen molar-refractivity contribution in [3.8, 4) is 5.75 Å². The van der Waals surface area contributed by atoms with Crippen LogP contribution in [0.3, 0.4) is 0 Å². The largest absolute Gasteiger partial charge is 0.507 e. The molecule has 5 N–H and O–H groups in total. The van der Waals surface area contributed by atoms with Crippen LogP contribution in [0.25, 0.3) is 0 Å². The molecule has 198 valence electrons. The fraction of sp³-hybridized carbons (Fsp3) is 0.542. The maximum Gasteiger partial charge on any atom is 0.408 e. The van der Waals surface area contributed by atoms with E-state index in [-0.39, 0.29) is 11.3 Å². The Morgan fingerprint density at radius 1 is 1.19 bits per heavy atom. The Morgan fingerprint density at radius 3 is 2.36 bits per heavy atom. The molecule has 12 heteroatoms. The van der Waals surface area contributed by atoms with Gasteiger partial charge in [0.15, 0.2) is 0 Å². The molecule has 2 unspecified atom stereocenters. The second-order valence-corrected chi connectivity index (χ2v) is 9.56. The van der Waals surface area contributed by atoms with E-state index in [1.165, 1.54) is 11.0 Å². The van der Waals surface area contributed by atoms with E-state index in [2.05, 4.69) is 15.4 Å². The average molecular weight is 507 g/mol. The molecule has 1 fully saturated rings.